The van der Waals surface area contributed by atoms with Crippen LogP contribution >= 0.6 is 11.6 Å². The average molecular weight is 310 g/mol. The van der Waals surface area contributed by atoms with Gasteiger partial charge in [-0.05, 0) is 44.4 Å². The molecule has 0 unspecified atom stereocenters. The lowest BCUT2D eigenvalue weighted by Crippen LogP contribution is -2.26. The number of nitrogens with zero attached hydrogens (tertiary/aromatic N) is 3. The first-order valence-corrected chi connectivity index (χ1v) is 7.80. The third kappa shape index (κ3) is 4.35. The average Bonchev–Trinajstić information content (AvgIpc) is 2.48. The van der Waals surface area contributed by atoms with Crippen molar-refractivity contribution >= 4 is 23.0 Å². The van der Waals surface area contributed by atoms with Crippen molar-refractivity contribution in [2.45, 2.75) is 26.2 Å². The molecule has 1 heterocycles. The molecule has 1 aromatic rings. The third-order valence-electron chi connectivity index (χ3n) is 3.71. The van der Waals surface area contributed by atoms with Gasteiger partial charge in [-0.25, -0.2) is 0 Å². The lowest BCUT2D eigenvalue weighted by molar-refractivity contribution is 0.202. The summed E-state index contributed by atoms with van der Waals surface area (Å²) < 4.78 is 5.22. The van der Waals surface area contributed by atoms with Gasteiger partial charge in [0.15, 0.2) is 0 Å². The third-order valence-corrected chi connectivity index (χ3v) is 3.94. The van der Waals surface area contributed by atoms with Crippen LogP contribution in [0.1, 0.15) is 31.7 Å². The molecule has 1 aliphatic rings. The first-order chi connectivity index (χ1) is 10.1. The normalized spacial score (nSPS) is 16.2. The zero-order valence-corrected chi connectivity index (χ0v) is 13.9. The summed E-state index contributed by atoms with van der Waals surface area (Å²) in [6, 6.07) is 5.90. The molecular weight excluding hydrogens is 286 g/mol. The number of methoxy groups -OCH3 is 1. The van der Waals surface area contributed by atoms with Crippen LogP contribution in [0.25, 0.3) is 0 Å². The maximum Gasteiger partial charge on any atom is 0.118 e. The van der Waals surface area contributed by atoms with E-state index in [-0.39, 0.29) is 0 Å². The van der Waals surface area contributed by atoms with Crippen LogP contribution in [0.5, 0.6) is 0 Å². The molecule has 0 radical (unpaired) electrons. The minimum Gasteiger partial charge on any atom is -0.364 e. The van der Waals surface area contributed by atoms with Gasteiger partial charge < -0.3 is 9.64 Å². The Morgan fingerprint density at radius 1 is 1.33 bits per heavy atom. The number of ether oxygens (including phenoxy) is 1. The first kappa shape index (κ1) is 16.1. The number of piperidine rings is 1. The van der Waals surface area contributed by atoms with Crippen molar-refractivity contribution in [2.24, 2.45) is 5.10 Å². The second-order valence-electron chi connectivity index (χ2n) is 5.48. The van der Waals surface area contributed by atoms with Gasteiger partial charge in [-0.3, -0.25) is 5.01 Å². The van der Waals surface area contributed by atoms with Gasteiger partial charge in [-0.1, -0.05) is 11.6 Å². The summed E-state index contributed by atoms with van der Waals surface area (Å²) in [5, 5.41) is 7.67. The molecule has 0 bridgehead atoms. The van der Waals surface area contributed by atoms with Crippen LogP contribution in [0.3, 0.4) is 0 Å². The molecule has 1 saturated heterocycles. The van der Waals surface area contributed by atoms with Crippen LogP contribution in [0.4, 0.5) is 5.69 Å². The largest absolute Gasteiger partial charge is 0.364 e. The Morgan fingerprint density at radius 3 is 2.71 bits per heavy atom. The zero-order chi connectivity index (χ0) is 15.2. The fourth-order valence-electron chi connectivity index (χ4n) is 2.64. The molecule has 116 valence electrons. The van der Waals surface area contributed by atoms with E-state index in [1.807, 2.05) is 32.2 Å². The predicted octanol–water partition coefficient (Wildman–Crippen LogP) is 3.59. The summed E-state index contributed by atoms with van der Waals surface area (Å²) in [6.07, 6.45) is 3.76. The Kier molecular flexibility index (Phi) is 5.88. The van der Waals surface area contributed by atoms with Crippen molar-refractivity contribution in [3.8, 4) is 0 Å². The van der Waals surface area contributed by atoms with Gasteiger partial charge in [-0.2, -0.15) is 5.10 Å². The van der Waals surface area contributed by atoms with Gasteiger partial charge in [-0.15, -0.1) is 0 Å². The van der Waals surface area contributed by atoms with E-state index in [1.165, 1.54) is 19.3 Å². The van der Waals surface area contributed by atoms with Crippen molar-refractivity contribution in [2.75, 3.05) is 38.9 Å². The van der Waals surface area contributed by atoms with Gasteiger partial charge in [0.1, 0.15) is 6.73 Å². The molecule has 21 heavy (non-hydrogen) atoms. The van der Waals surface area contributed by atoms with Crippen LogP contribution in [0, 0.1) is 0 Å². The maximum absolute atomic E-state index is 6.17. The summed E-state index contributed by atoms with van der Waals surface area (Å²) in [6.45, 7) is 4.67. The van der Waals surface area contributed by atoms with E-state index in [9.17, 15) is 0 Å². The van der Waals surface area contributed by atoms with Crippen LogP contribution in [-0.2, 0) is 4.74 Å². The van der Waals surface area contributed by atoms with Crippen LogP contribution in [-0.4, -0.2) is 44.7 Å². The molecule has 1 aliphatic heterocycles. The number of rotatable bonds is 5. The van der Waals surface area contributed by atoms with E-state index in [2.05, 4.69) is 9.91 Å². The van der Waals surface area contributed by atoms with E-state index in [0.717, 1.165) is 35.1 Å². The summed E-state index contributed by atoms with van der Waals surface area (Å²) in [5.41, 5.74) is 3.14. The quantitative estimate of drug-likeness (QED) is 0.614. The van der Waals surface area contributed by atoms with Crippen molar-refractivity contribution in [3.63, 3.8) is 0 Å². The molecule has 1 aromatic carbocycles. The van der Waals surface area contributed by atoms with Crippen molar-refractivity contribution in [1.29, 1.82) is 0 Å². The lowest BCUT2D eigenvalue weighted by Gasteiger charge is -2.26. The summed E-state index contributed by atoms with van der Waals surface area (Å²) in [7, 11) is 3.70. The highest BCUT2D eigenvalue weighted by Gasteiger charge is 2.13. The molecule has 0 aromatic heterocycles. The molecule has 4 nitrogen and oxygen atoms in total. The van der Waals surface area contributed by atoms with Gasteiger partial charge in [0.05, 0.1) is 5.71 Å². The molecular formula is C16H24ClN3O. The monoisotopic (exact) mass is 309 g/mol. The van der Waals surface area contributed by atoms with E-state index in [0.29, 0.717) is 6.73 Å². The SMILES string of the molecule is COCN(C)c1ccc(Cl)cc1/C(C)=N/N1CCCCC1. The molecule has 5 heteroatoms. The molecule has 0 amide bonds. The minimum atomic E-state index is 0.533. The summed E-state index contributed by atoms with van der Waals surface area (Å²) >= 11 is 6.17. The molecule has 0 N–H and O–H groups in total. The van der Waals surface area contributed by atoms with Gasteiger partial charge in [0.25, 0.3) is 0 Å². The molecule has 0 spiro atoms. The van der Waals surface area contributed by atoms with Crippen LogP contribution in [0.15, 0.2) is 23.3 Å². The Hall–Kier alpha value is -1.26. The number of benzene rings is 1. The van der Waals surface area contributed by atoms with E-state index in [4.69, 9.17) is 21.4 Å². The number of hydrogen-bond acceptors (Lipinski definition) is 4. The van der Waals surface area contributed by atoms with Crippen molar-refractivity contribution in [3.05, 3.63) is 28.8 Å². The fourth-order valence-corrected chi connectivity index (χ4v) is 2.81. The van der Waals surface area contributed by atoms with Gasteiger partial charge >= 0.3 is 0 Å². The molecule has 0 aliphatic carbocycles. The van der Waals surface area contributed by atoms with E-state index >= 15 is 0 Å². The summed E-state index contributed by atoms with van der Waals surface area (Å²) in [4.78, 5) is 2.06. The van der Waals surface area contributed by atoms with Crippen LogP contribution < -0.4 is 4.90 Å². The van der Waals surface area contributed by atoms with E-state index in [1.54, 1.807) is 7.11 Å². The summed E-state index contributed by atoms with van der Waals surface area (Å²) in [5.74, 6) is 0. The predicted molar refractivity (Wildman–Crippen MR) is 89.4 cm³/mol. The first-order valence-electron chi connectivity index (χ1n) is 7.42. The molecule has 1 fully saturated rings. The van der Waals surface area contributed by atoms with Crippen molar-refractivity contribution < 1.29 is 4.74 Å². The fraction of sp³-hybridized carbons (Fsp3) is 0.562. The Morgan fingerprint density at radius 2 is 2.05 bits per heavy atom. The van der Waals surface area contributed by atoms with Crippen LogP contribution in [0.2, 0.25) is 5.02 Å². The van der Waals surface area contributed by atoms with Crippen molar-refractivity contribution in [1.82, 2.24) is 5.01 Å². The zero-order valence-electron chi connectivity index (χ0n) is 13.1. The Labute approximate surface area is 132 Å². The minimum absolute atomic E-state index is 0.533. The maximum atomic E-state index is 6.17. The number of hydrazone groups is 1. The standard InChI is InChI=1S/C16H24ClN3O/c1-13(18-20-9-5-4-6-10-20)15-11-14(17)7-8-16(15)19(2)12-21-3/h7-8,11H,4-6,9-10,12H2,1-3H3/b18-13+. The Balaban J connectivity index is 2.27. The number of halogens is 1. The van der Waals surface area contributed by atoms with Gasteiger partial charge in [0, 0.05) is 43.5 Å². The number of anilines is 1. The number of hydrogen-bond donors (Lipinski definition) is 0. The molecule has 2 rings (SSSR count). The molecule has 0 atom stereocenters. The highest BCUT2D eigenvalue weighted by molar-refractivity contribution is 6.31. The topological polar surface area (TPSA) is 28.1 Å². The molecule has 0 saturated carbocycles. The second kappa shape index (κ2) is 7.66. The highest BCUT2D eigenvalue weighted by atomic mass is 35.5. The van der Waals surface area contributed by atoms with E-state index < -0.39 is 0 Å². The second-order valence-corrected chi connectivity index (χ2v) is 5.91. The Bertz CT molecular complexity index is 498. The van der Waals surface area contributed by atoms with Gasteiger partial charge in [0.2, 0.25) is 0 Å². The highest BCUT2D eigenvalue weighted by Crippen LogP contribution is 2.25. The smallest absolute Gasteiger partial charge is 0.118 e. The lowest BCUT2D eigenvalue weighted by atomic mass is 10.1.